The SMILES string of the molecule is CN(c1ncccc1CNc1nc(Nc2ccc(N3CCC(N4CCN(Cc5ccc6c(c5F)CN(C5CCC(=O)NC5=O)C6=O)CC4)CC3)cc2)ncc1C(F)(F)F)S(C)(=O)=O. The molecule has 4 aromatic rings. The number of pyridine rings is 1. The number of carbonyl (C=O) groups excluding carboxylic acids is 3. The Hall–Kier alpha value is -5.93. The molecule has 4 aliphatic heterocycles. The predicted molar refractivity (Wildman–Crippen MR) is 226 cm³/mol. The van der Waals surface area contributed by atoms with Crippen molar-refractivity contribution >= 4 is 56.7 Å². The number of fused-ring (bicyclic) bond motifs is 1. The number of nitrogens with one attached hydrogen (secondary N) is 3. The fraction of sp³-hybridized carbons (Fsp3) is 0.429. The zero-order chi connectivity index (χ0) is 44.6. The highest BCUT2D eigenvalue weighted by Crippen LogP contribution is 2.36. The quantitative estimate of drug-likeness (QED) is 0.136. The first kappa shape index (κ1) is 43.7. The topological polar surface area (TPSA) is 176 Å². The molecule has 0 saturated carbocycles. The molecule has 21 heteroatoms. The van der Waals surface area contributed by atoms with Crippen LogP contribution in [0.25, 0.3) is 0 Å². The number of aromatic nitrogens is 3. The van der Waals surface area contributed by atoms with Gasteiger partial charge < -0.3 is 20.4 Å². The molecule has 2 aromatic heterocycles. The van der Waals surface area contributed by atoms with Crippen LogP contribution in [0.5, 0.6) is 0 Å². The molecular weight excluding hydrogens is 847 g/mol. The Kier molecular flexibility index (Phi) is 12.3. The van der Waals surface area contributed by atoms with Gasteiger partial charge >= 0.3 is 6.18 Å². The lowest BCUT2D eigenvalue weighted by Gasteiger charge is -2.43. The van der Waals surface area contributed by atoms with E-state index in [0.717, 1.165) is 68.4 Å². The first-order chi connectivity index (χ1) is 30.0. The number of alkyl halides is 3. The number of hydrogen-bond acceptors (Lipinski definition) is 13. The van der Waals surface area contributed by atoms with Crippen molar-refractivity contribution in [1.29, 1.82) is 0 Å². The molecule has 1 atom stereocenters. The number of carbonyl (C=O) groups is 3. The van der Waals surface area contributed by atoms with Crippen LogP contribution in [0, 0.1) is 5.82 Å². The lowest BCUT2D eigenvalue weighted by molar-refractivity contribution is -0.138. The van der Waals surface area contributed by atoms with Crippen LogP contribution in [0.1, 0.15) is 58.3 Å². The van der Waals surface area contributed by atoms with Crippen molar-refractivity contribution in [3.05, 3.63) is 94.6 Å². The molecule has 3 saturated heterocycles. The number of piperazine rings is 1. The van der Waals surface area contributed by atoms with E-state index in [9.17, 15) is 36.0 Å². The average Bonchev–Trinajstić information content (AvgIpc) is 3.59. The fourth-order valence-electron chi connectivity index (χ4n) is 8.65. The van der Waals surface area contributed by atoms with E-state index in [4.69, 9.17) is 0 Å². The molecule has 334 valence electrons. The maximum absolute atomic E-state index is 15.8. The predicted octanol–water partition coefficient (Wildman–Crippen LogP) is 4.33. The van der Waals surface area contributed by atoms with Gasteiger partial charge in [-0.3, -0.25) is 33.8 Å². The van der Waals surface area contributed by atoms with E-state index >= 15 is 4.39 Å². The van der Waals surface area contributed by atoms with Crippen LogP contribution in [0.4, 0.5) is 46.5 Å². The van der Waals surface area contributed by atoms with Gasteiger partial charge in [0.25, 0.3) is 5.91 Å². The van der Waals surface area contributed by atoms with E-state index in [0.29, 0.717) is 41.2 Å². The molecule has 0 bridgehead atoms. The van der Waals surface area contributed by atoms with Crippen molar-refractivity contribution < 1.29 is 40.4 Å². The molecule has 8 rings (SSSR count). The first-order valence-corrected chi connectivity index (χ1v) is 22.5. The normalized spacial score (nSPS) is 19.3. The van der Waals surface area contributed by atoms with Crippen LogP contribution < -0.4 is 25.2 Å². The summed E-state index contributed by atoms with van der Waals surface area (Å²) >= 11 is 0. The smallest absolute Gasteiger partial charge is 0.371 e. The molecule has 16 nitrogen and oxygen atoms in total. The summed E-state index contributed by atoms with van der Waals surface area (Å²) in [6.07, 6.45) is 0.602. The Labute approximate surface area is 361 Å². The van der Waals surface area contributed by atoms with Gasteiger partial charge in [-0.25, -0.2) is 22.8 Å². The molecule has 0 radical (unpaired) electrons. The first-order valence-electron chi connectivity index (χ1n) is 20.6. The second kappa shape index (κ2) is 17.7. The molecule has 3 fully saturated rings. The number of sulfonamides is 1. The molecule has 2 aromatic carbocycles. The lowest BCUT2D eigenvalue weighted by Crippen LogP contribution is -2.53. The Morgan fingerprint density at radius 2 is 1.65 bits per heavy atom. The summed E-state index contributed by atoms with van der Waals surface area (Å²) in [7, 11) is -2.37. The van der Waals surface area contributed by atoms with Gasteiger partial charge in [0.1, 0.15) is 29.1 Å². The van der Waals surface area contributed by atoms with Gasteiger partial charge in [0.05, 0.1) is 12.8 Å². The Balaban J connectivity index is 0.821. The Morgan fingerprint density at radius 3 is 2.33 bits per heavy atom. The summed E-state index contributed by atoms with van der Waals surface area (Å²) in [5.41, 5.74) is 1.91. The number of rotatable bonds is 12. The highest BCUT2D eigenvalue weighted by molar-refractivity contribution is 7.92. The second-order valence-corrected chi connectivity index (χ2v) is 18.2. The number of hydrogen-bond donors (Lipinski definition) is 3. The van der Waals surface area contributed by atoms with Gasteiger partial charge in [-0.1, -0.05) is 12.1 Å². The van der Waals surface area contributed by atoms with Crippen molar-refractivity contribution in [3.63, 3.8) is 0 Å². The number of piperidine rings is 2. The third-order valence-electron chi connectivity index (χ3n) is 12.2. The summed E-state index contributed by atoms with van der Waals surface area (Å²) in [4.78, 5) is 57.7. The van der Waals surface area contributed by atoms with E-state index < -0.39 is 51.3 Å². The minimum atomic E-state index is -4.76. The molecule has 6 heterocycles. The van der Waals surface area contributed by atoms with Crippen molar-refractivity contribution in [3.8, 4) is 0 Å². The van der Waals surface area contributed by atoms with Crippen LogP contribution in [0.3, 0.4) is 0 Å². The molecular formula is C42H47F4N11O5S. The van der Waals surface area contributed by atoms with E-state index in [-0.39, 0.29) is 49.2 Å². The zero-order valence-corrected chi connectivity index (χ0v) is 35.5. The van der Waals surface area contributed by atoms with Crippen LogP contribution in [0.15, 0.2) is 60.9 Å². The number of amides is 3. The maximum Gasteiger partial charge on any atom is 0.421 e. The largest absolute Gasteiger partial charge is 0.421 e. The maximum atomic E-state index is 15.8. The summed E-state index contributed by atoms with van der Waals surface area (Å²) in [6.45, 7) is 5.10. The lowest BCUT2D eigenvalue weighted by atomic mass is 10.0. The van der Waals surface area contributed by atoms with Gasteiger partial charge in [0.2, 0.25) is 27.8 Å². The van der Waals surface area contributed by atoms with Crippen molar-refractivity contribution in [1.82, 2.24) is 35.0 Å². The Morgan fingerprint density at radius 1 is 0.921 bits per heavy atom. The highest BCUT2D eigenvalue weighted by atomic mass is 32.2. The third-order valence-corrected chi connectivity index (χ3v) is 13.4. The van der Waals surface area contributed by atoms with Crippen molar-refractivity contribution in [2.75, 3.05) is 72.4 Å². The van der Waals surface area contributed by atoms with Gasteiger partial charge in [-0.05, 0) is 55.7 Å². The number of imide groups is 1. The minimum absolute atomic E-state index is 0.00244. The summed E-state index contributed by atoms with van der Waals surface area (Å²) in [5.74, 6) is -2.18. The molecule has 3 amide bonds. The summed E-state index contributed by atoms with van der Waals surface area (Å²) < 4.78 is 83.0. The second-order valence-electron chi connectivity index (χ2n) is 16.2. The summed E-state index contributed by atoms with van der Waals surface area (Å²) in [5, 5.41) is 7.96. The fourth-order valence-corrected chi connectivity index (χ4v) is 9.13. The summed E-state index contributed by atoms with van der Waals surface area (Å²) in [6, 6.07) is 13.5. The monoisotopic (exact) mass is 893 g/mol. The number of anilines is 5. The number of nitrogens with zero attached hydrogens (tertiary/aromatic N) is 8. The van der Waals surface area contributed by atoms with Gasteiger partial charge in [0, 0.05) is 118 Å². The Bertz CT molecular complexity index is 2500. The van der Waals surface area contributed by atoms with Crippen LogP contribution in [-0.4, -0.2) is 120 Å². The van der Waals surface area contributed by atoms with E-state index in [1.807, 2.05) is 24.3 Å². The number of benzene rings is 2. The molecule has 4 aliphatic rings. The third kappa shape index (κ3) is 9.54. The standard InChI is InChI=1S/C42H47F4N11O5S/c1-53(63(2,61)62)38-26(4-3-15-47-38)22-48-37-33(42(44,45)46)23-49-41(52-37)50-28-6-8-29(9-7-28)55-16-13-30(14-17-55)56-20-18-54(19-21-56)24-27-5-10-31-32(36(27)43)25-57(40(31)60)34-11-12-35(58)51-39(34)59/h3-10,15,23,30,34H,11-14,16-22,24-25H2,1-2H3,(H,51,58,59)(H2,48,49,50,52). The number of halogens is 4. The van der Waals surface area contributed by atoms with Crippen molar-refractivity contribution in [2.45, 2.75) is 63.6 Å². The van der Waals surface area contributed by atoms with E-state index in [1.54, 1.807) is 24.3 Å². The minimum Gasteiger partial charge on any atom is -0.371 e. The zero-order valence-electron chi connectivity index (χ0n) is 34.7. The molecule has 3 N–H and O–H groups in total. The van der Waals surface area contributed by atoms with Gasteiger partial charge in [-0.2, -0.15) is 18.2 Å². The highest BCUT2D eigenvalue weighted by Gasteiger charge is 2.41. The van der Waals surface area contributed by atoms with E-state index in [2.05, 4.69) is 45.6 Å². The molecule has 1 unspecified atom stereocenters. The van der Waals surface area contributed by atoms with Crippen molar-refractivity contribution in [2.24, 2.45) is 0 Å². The van der Waals surface area contributed by atoms with E-state index in [1.165, 1.54) is 18.1 Å². The molecule has 0 spiro atoms. The van der Waals surface area contributed by atoms with Crippen LogP contribution in [-0.2, 0) is 45.4 Å². The van der Waals surface area contributed by atoms with Crippen LogP contribution >= 0.6 is 0 Å². The molecule has 0 aliphatic carbocycles. The van der Waals surface area contributed by atoms with Gasteiger partial charge in [-0.15, -0.1) is 0 Å². The van der Waals surface area contributed by atoms with Gasteiger partial charge in [0.15, 0.2) is 0 Å². The van der Waals surface area contributed by atoms with Crippen LogP contribution in [0.2, 0.25) is 0 Å². The average molecular weight is 894 g/mol. The molecule has 63 heavy (non-hydrogen) atoms.